The molecule has 3 rings (SSSR count). The molecule has 0 fully saturated rings. The SMILES string of the molecule is CCN(CCNC(=O)c1ccc2c(=O)n(C)c(=O)n(C)c2n1)c1cccc(C)c1. The minimum atomic E-state index is -0.482. The Bertz CT molecular complexity index is 1180. The minimum absolute atomic E-state index is 0.166. The highest BCUT2D eigenvalue weighted by Gasteiger charge is 2.14. The van der Waals surface area contributed by atoms with Gasteiger partial charge in [-0.2, -0.15) is 0 Å². The molecule has 1 N–H and O–H groups in total. The first-order valence-electron chi connectivity index (χ1n) is 9.50. The van der Waals surface area contributed by atoms with Gasteiger partial charge in [-0.1, -0.05) is 12.1 Å². The number of nitrogens with zero attached hydrogens (tertiary/aromatic N) is 4. The molecule has 3 aromatic rings. The van der Waals surface area contributed by atoms with E-state index in [1.165, 1.54) is 36.4 Å². The molecular formula is C21H25N5O3. The number of rotatable bonds is 6. The van der Waals surface area contributed by atoms with E-state index in [4.69, 9.17) is 0 Å². The van der Waals surface area contributed by atoms with Crippen molar-refractivity contribution < 1.29 is 4.79 Å². The molecule has 0 unspecified atom stereocenters. The van der Waals surface area contributed by atoms with Crippen molar-refractivity contribution in [1.29, 1.82) is 0 Å². The van der Waals surface area contributed by atoms with Crippen LogP contribution >= 0.6 is 0 Å². The molecule has 1 aromatic carbocycles. The highest BCUT2D eigenvalue weighted by Crippen LogP contribution is 2.15. The maximum atomic E-state index is 12.5. The van der Waals surface area contributed by atoms with Crippen LogP contribution in [0.5, 0.6) is 0 Å². The van der Waals surface area contributed by atoms with Crippen LogP contribution in [0.15, 0.2) is 46.0 Å². The van der Waals surface area contributed by atoms with Crippen LogP contribution < -0.4 is 21.5 Å². The Hall–Kier alpha value is -3.42. The van der Waals surface area contributed by atoms with Crippen LogP contribution in [0.4, 0.5) is 5.69 Å². The number of aryl methyl sites for hydroxylation is 2. The Balaban J connectivity index is 1.75. The van der Waals surface area contributed by atoms with Crippen LogP contribution in [0.1, 0.15) is 23.0 Å². The van der Waals surface area contributed by atoms with Gasteiger partial charge in [-0.05, 0) is 43.7 Å². The predicted octanol–water partition coefficient (Wildman–Crippen LogP) is 1.20. The highest BCUT2D eigenvalue weighted by atomic mass is 16.2. The summed E-state index contributed by atoms with van der Waals surface area (Å²) < 4.78 is 2.29. The van der Waals surface area contributed by atoms with E-state index in [0.717, 1.165) is 16.8 Å². The third kappa shape index (κ3) is 4.06. The van der Waals surface area contributed by atoms with Crippen LogP contribution in [0.25, 0.3) is 11.0 Å². The molecule has 0 saturated heterocycles. The zero-order chi connectivity index (χ0) is 21.1. The Labute approximate surface area is 168 Å². The summed E-state index contributed by atoms with van der Waals surface area (Å²) in [7, 11) is 2.94. The second-order valence-corrected chi connectivity index (χ2v) is 6.95. The number of amides is 1. The second-order valence-electron chi connectivity index (χ2n) is 6.95. The van der Waals surface area contributed by atoms with Gasteiger partial charge in [0.1, 0.15) is 11.3 Å². The lowest BCUT2D eigenvalue weighted by molar-refractivity contribution is 0.0950. The van der Waals surface area contributed by atoms with E-state index in [2.05, 4.69) is 28.2 Å². The molecular weight excluding hydrogens is 370 g/mol. The maximum Gasteiger partial charge on any atom is 0.332 e. The Morgan fingerprint density at radius 1 is 1.14 bits per heavy atom. The molecule has 8 heteroatoms. The van der Waals surface area contributed by atoms with Gasteiger partial charge in [0.25, 0.3) is 11.5 Å². The maximum absolute atomic E-state index is 12.5. The molecule has 1 amide bonds. The third-order valence-electron chi connectivity index (χ3n) is 4.95. The highest BCUT2D eigenvalue weighted by molar-refractivity contribution is 5.94. The van der Waals surface area contributed by atoms with Gasteiger partial charge in [-0.15, -0.1) is 0 Å². The predicted molar refractivity (Wildman–Crippen MR) is 114 cm³/mol. The topological polar surface area (TPSA) is 89.2 Å². The van der Waals surface area contributed by atoms with Gasteiger partial charge in [0.05, 0.1) is 5.39 Å². The largest absolute Gasteiger partial charge is 0.370 e. The quantitative estimate of drug-likeness (QED) is 0.677. The number of nitrogens with one attached hydrogen (secondary N) is 1. The van der Waals surface area contributed by atoms with Crippen LogP contribution in [-0.2, 0) is 14.1 Å². The van der Waals surface area contributed by atoms with Crippen molar-refractivity contribution in [3.8, 4) is 0 Å². The van der Waals surface area contributed by atoms with E-state index in [-0.39, 0.29) is 17.2 Å². The summed E-state index contributed by atoms with van der Waals surface area (Å²) in [6, 6.07) is 11.2. The molecule has 0 atom stereocenters. The first kappa shape index (κ1) is 20.3. The number of pyridine rings is 1. The number of carbonyl (C=O) groups is 1. The van der Waals surface area contributed by atoms with Crippen molar-refractivity contribution in [2.45, 2.75) is 13.8 Å². The number of aromatic nitrogens is 3. The van der Waals surface area contributed by atoms with E-state index in [0.29, 0.717) is 18.5 Å². The van der Waals surface area contributed by atoms with Crippen LogP contribution in [0.2, 0.25) is 0 Å². The zero-order valence-electron chi connectivity index (χ0n) is 17.1. The molecule has 152 valence electrons. The molecule has 29 heavy (non-hydrogen) atoms. The monoisotopic (exact) mass is 395 g/mol. The standard InChI is InChI=1S/C21H25N5O3/c1-5-26(15-8-6-7-14(2)13-15)12-11-22-19(27)17-10-9-16-18(23-17)24(3)21(29)25(4)20(16)28/h6-10,13H,5,11-12H2,1-4H3,(H,22,27). The summed E-state index contributed by atoms with van der Waals surface area (Å²) in [5.41, 5.74) is 1.74. The lowest BCUT2D eigenvalue weighted by Crippen LogP contribution is -2.38. The Morgan fingerprint density at radius 3 is 2.59 bits per heavy atom. The summed E-state index contributed by atoms with van der Waals surface area (Å²) in [5, 5.41) is 3.15. The molecule has 0 aliphatic carbocycles. The van der Waals surface area contributed by atoms with Gasteiger partial charge < -0.3 is 10.2 Å². The summed E-state index contributed by atoms with van der Waals surface area (Å²) in [6.07, 6.45) is 0. The van der Waals surface area contributed by atoms with Gasteiger partial charge in [0.2, 0.25) is 0 Å². The smallest absolute Gasteiger partial charge is 0.332 e. The Morgan fingerprint density at radius 2 is 1.90 bits per heavy atom. The number of fused-ring (bicyclic) bond motifs is 1. The summed E-state index contributed by atoms with van der Waals surface area (Å²) in [6.45, 7) is 6.02. The lowest BCUT2D eigenvalue weighted by Gasteiger charge is -2.23. The summed E-state index contributed by atoms with van der Waals surface area (Å²) in [4.78, 5) is 43.3. The van der Waals surface area contributed by atoms with Gasteiger partial charge in [-0.25, -0.2) is 9.78 Å². The zero-order valence-corrected chi connectivity index (χ0v) is 17.1. The molecule has 0 saturated carbocycles. The Kier molecular flexibility index (Phi) is 5.81. The number of carbonyl (C=O) groups excluding carboxylic acids is 1. The van der Waals surface area contributed by atoms with E-state index in [9.17, 15) is 14.4 Å². The fraction of sp³-hybridized carbons (Fsp3) is 0.333. The van der Waals surface area contributed by atoms with Gasteiger partial charge in [-0.3, -0.25) is 18.7 Å². The number of hydrogen-bond acceptors (Lipinski definition) is 5. The van der Waals surface area contributed by atoms with Crippen molar-refractivity contribution in [2.75, 3.05) is 24.5 Å². The van der Waals surface area contributed by atoms with E-state index >= 15 is 0 Å². The van der Waals surface area contributed by atoms with Gasteiger partial charge >= 0.3 is 5.69 Å². The average molecular weight is 395 g/mol. The fourth-order valence-corrected chi connectivity index (χ4v) is 3.27. The van der Waals surface area contributed by atoms with Crippen molar-refractivity contribution in [2.24, 2.45) is 14.1 Å². The van der Waals surface area contributed by atoms with Gasteiger partial charge in [0, 0.05) is 39.4 Å². The van der Waals surface area contributed by atoms with Crippen LogP contribution in [-0.4, -0.2) is 39.7 Å². The average Bonchev–Trinajstić information content (AvgIpc) is 2.73. The number of likely N-dealkylation sites (N-methyl/N-ethyl adjacent to an activating group) is 1. The van der Waals surface area contributed by atoms with E-state index < -0.39 is 11.2 Å². The number of benzene rings is 1. The summed E-state index contributed by atoms with van der Waals surface area (Å²) in [5.74, 6) is -0.347. The van der Waals surface area contributed by atoms with Crippen LogP contribution in [0.3, 0.4) is 0 Å². The van der Waals surface area contributed by atoms with E-state index in [1.807, 2.05) is 25.1 Å². The molecule has 0 aliphatic rings. The van der Waals surface area contributed by atoms with Crippen molar-refractivity contribution in [3.05, 3.63) is 68.5 Å². The number of anilines is 1. The third-order valence-corrected chi connectivity index (χ3v) is 4.95. The first-order chi connectivity index (χ1) is 13.8. The number of hydrogen-bond donors (Lipinski definition) is 1. The van der Waals surface area contributed by atoms with Crippen molar-refractivity contribution >= 4 is 22.6 Å². The second kappa shape index (κ2) is 8.30. The van der Waals surface area contributed by atoms with Crippen LogP contribution in [0, 0.1) is 6.92 Å². The van der Waals surface area contributed by atoms with E-state index in [1.54, 1.807) is 0 Å². The van der Waals surface area contributed by atoms with Gasteiger partial charge in [0.15, 0.2) is 0 Å². The fourth-order valence-electron chi connectivity index (χ4n) is 3.27. The molecule has 2 aromatic heterocycles. The molecule has 2 heterocycles. The van der Waals surface area contributed by atoms with Crippen molar-refractivity contribution in [1.82, 2.24) is 19.4 Å². The molecule has 0 bridgehead atoms. The minimum Gasteiger partial charge on any atom is -0.370 e. The molecule has 8 nitrogen and oxygen atoms in total. The molecule has 0 radical (unpaired) electrons. The first-order valence-corrected chi connectivity index (χ1v) is 9.50. The van der Waals surface area contributed by atoms with Crippen molar-refractivity contribution in [3.63, 3.8) is 0 Å². The summed E-state index contributed by atoms with van der Waals surface area (Å²) >= 11 is 0. The molecule has 0 spiro atoms. The lowest BCUT2D eigenvalue weighted by atomic mass is 10.2. The molecule has 0 aliphatic heterocycles. The normalized spacial score (nSPS) is 10.9.